The summed E-state index contributed by atoms with van der Waals surface area (Å²) in [6.07, 6.45) is 7.79. The summed E-state index contributed by atoms with van der Waals surface area (Å²) in [5.74, 6) is 1.29. The monoisotopic (exact) mass is 574 g/mol. The molecule has 1 aliphatic carbocycles. The molecule has 2 nitrogen and oxygen atoms in total. The first kappa shape index (κ1) is 26.8. The third-order valence-electron chi connectivity index (χ3n) is 7.69. The van der Waals surface area contributed by atoms with Gasteiger partial charge in [0, 0.05) is 30.9 Å². The minimum atomic E-state index is 0.613. The molecule has 208 valence electrons. The van der Waals surface area contributed by atoms with Crippen molar-refractivity contribution in [2.24, 2.45) is 0 Å². The van der Waals surface area contributed by atoms with Gasteiger partial charge in [-0.15, -0.1) is 11.3 Å². The minimum Gasteiger partial charge on any atom is -0.452 e. The van der Waals surface area contributed by atoms with E-state index in [1.54, 1.807) is 0 Å². The Kier molecular flexibility index (Phi) is 7.29. The van der Waals surface area contributed by atoms with E-state index in [2.05, 4.69) is 92.0 Å². The summed E-state index contributed by atoms with van der Waals surface area (Å²) >= 11 is 1.90. The van der Waals surface area contributed by atoms with Gasteiger partial charge in [-0.2, -0.15) is 0 Å². The molecule has 1 aliphatic rings. The number of aryl methyl sites for hydroxylation is 2. The Morgan fingerprint density at radius 1 is 0.767 bits per heavy atom. The molecule has 0 N–H and O–H groups in total. The van der Waals surface area contributed by atoms with Crippen molar-refractivity contribution in [3.05, 3.63) is 150 Å². The maximum Gasteiger partial charge on any atom is 0.178 e. The van der Waals surface area contributed by atoms with Gasteiger partial charge >= 0.3 is 0 Å². The molecule has 0 spiro atoms. The Morgan fingerprint density at radius 2 is 1.51 bits per heavy atom. The van der Waals surface area contributed by atoms with E-state index in [1.807, 2.05) is 66.0 Å². The quantitative estimate of drug-likeness (QED) is 0.191. The molecule has 5 aromatic carbocycles. The van der Waals surface area contributed by atoms with E-state index >= 15 is 0 Å². The molecule has 43 heavy (non-hydrogen) atoms. The smallest absolute Gasteiger partial charge is 0.178 e. The molecule has 8 rings (SSSR count). The lowest BCUT2D eigenvalue weighted by atomic mass is 9.93. The van der Waals surface area contributed by atoms with Gasteiger partial charge in [0.25, 0.3) is 0 Å². The van der Waals surface area contributed by atoms with Crippen LogP contribution in [0.4, 0.5) is 0 Å². The van der Waals surface area contributed by atoms with Gasteiger partial charge in [-0.05, 0) is 78.3 Å². The predicted octanol–water partition coefficient (Wildman–Crippen LogP) is 11.7. The number of hydrogen-bond donors (Lipinski definition) is 0. The second-order valence-corrected chi connectivity index (χ2v) is 11.7. The molecule has 0 amide bonds. The van der Waals surface area contributed by atoms with E-state index in [4.69, 9.17) is 9.15 Å². The summed E-state index contributed by atoms with van der Waals surface area (Å²) in [7, 11) is 0. The summed E-state index contributed by atoms with van der Waals surface area (Å²) in [5.41, 5.74) is 12.7. The van der Waals surface area contributed by atoms with Crippen molar-refractivity contribution in [3.63, 3.8) is 0 Å². The highest BCUT2D eigenvalue weighted by Crippen LogP contribution is 2.47. The van der Waals surface area contributed by atoms with Gasteiger partial charge < -0.3 is 9.15 Å². The van der Waals surface area contributed by atoms with Crippen molar-refractivity contribution >= 4 is 53.4 Å². The number of para-hydroxylation sites is 1. The average molecular weight is 575 g/mol. The lowest BCUT2D eigenvalue weighted by molar-refractivity contribution is 0.441. The molecule has 0 saturated carbocycles. The molecule has 7 aromatic rings. The summed E-state index contributed by atoms with van der Waals surface area (Å²) in [5, 5.41) is 4.79. The zero-order chi connectivity index (χ0) is 29.2. The number of allylic oxidation sites excluding steroid dienone is 3. The van der Waals surface area contributed by atoms with Crippen molar-refractivity contribution in [3.8, 4) is 16.9 Å². The average Bonchev–Trinajstić information content (AvgIpc) is 3.63. The number of benzene rings is 5. The normalized spacial score (nSPS) is 12.2. The van der Waals surface area contributed by atoms with E-state index in [1.165, 1.54) is 36.9 Å². The Morgan fingerprint density at radius 3 is 2.28 bits per heavy atom. The highest BCUT2D eigenvalue weighted by molar-refractivity contribution is 7.26. The lowest BCUT2D eigenvalue weighted by Gasteiger charge is -2.12. The molecule has 0 saturated heterocycles. The van der Waals surface area contributed by atoms with E-state index in [0.717, 1.165) is 40.3 Å². The zero-order valence-electron chi connectivity index (χ0n) is 24.2. The highest BCUT2D eigenvalue weighted by Gasteiger charge is 2.21. The molecule has 3 heteroatoms. The number of furan rings is 1. The van der Waals surface area contributed by atoms with Crippen LogP contribution in [0.15, 0.2) is 143 Å². The molecule has 0 fully saturated rings. The topological polar surface area (TPSA) is 22.4 Å². The second-order valence-electron chi connectivity index (χ2n) is 10.7. The highest BCUT2D eigenvalue weighted by atomic mass is 32.1. The molecular weight excluding hydrogens is 545 g/mol. The van der Waals surface area contributed by atoms with Gasteiger partial charge in [0.15, 0.2) is 17.1 Å². The van der Waals surface area contributed by atoms with E-state index in [9.17, 15) is 0 Å². The third kappa shape index (κ3) is 5.12. The van der Waals surface area contributed by atoms with Crippen molar-refractivity contribution < 1.29 is 9.15 Å². The first-order valence-corrected chi connectivity index (χ1v) is 15.5. The lowest BCUT2D eigenvalue weighted by Crippen LogP contribution is -1.93. The van der Waals surface area contributed by atoms with Crippen molar-refractivity contribution in [1.82, 2.24) is 0 Å². The Bertz CT molecular complexity index is 2250. The molecule has 0 unspecified atom stereocenters. The first-order valence-electron chi connectivity index (χ1n) is 14.7. The van der Waals surface area contributed by atoms with Crippen LogP contribution in [0.2, 0.25) is 0 Å². The van der Waals surface area contributed by atoms with Crippen LogP contribution >= 0.6 is 11.3 Å². The van der Waals surface area contributed by atoms with Crippen molar-refractivity contribution in [2.75, 3.05) is 0 Å². The zero-order valence-corrected chi connectivity index (χ0v) is 25.0. The fourth-order valence-electron chi connectivity index (χ4n) is 5.73. The Labute approximate surface area is 255 Å². The second kappa shape index (κ2) is 11.7. The number of rotatable bonds is 5. The maximum atomic E-state index is 6.41. The van der Waals surface area contributed by atoms with Crippen LogP contribution in [0.1, 0.15) is 24.5 Å². The third-order valence-corrected chi connectivity index (χ3v) is 8.94. The van der Waals surface area contributed by atoms with Crippen molar-refractivity contribution in [1.29, 1.82) is 0 Å². The molecule has 0 radical (unpaired) electrons. The number of ether oxygens (including phenoxy) is 1. The molecule has 2 aromatic heterocycles. The largest absolute Gasteiger partial charge is 0.452 e. The first-order chi connectivity index (χ1) is 21.2. The van der Waals surface area contributed by atoms with Crippen LogP contribution in [0.5, 0.6) is 5.75 Å². The van der Waals surface area contributed by atoms with E-state index in [-0.39, 0.29) is 0 Å². The number of fused-ring (bicyclic) bond motifs is 6. The number of thiophene rings is 1. The van der Waals surface area contributed by atoms with Gasteiger partial charge in [0.05, 0.1) is 0 Å². The van der Waals surface area contributed by atoms with E-state index < -0.39 is 0 Å². The maximum absolute atomic E-state index is 6.41. The van der Waals surface area contributed by atoms with Crippen LogP contribution in [0, 0.1) is 6.92 Å². The van der Waals surface area contributed by atoms with Crippen LogP contribution in [-0.2, 0) is 6.42 Å². The number of hydrogen-bond acceptors (Lipinski definition) is 3. The summed E-state index contributed by atoms with van der Waals surface area (Å²) < 4.78 is 15.3. The summed E-state index contributed by atoms with van der Waals surface area (Å²) in [4.78, 5) is 0. The van der Waals surface area contributed by atoms with Crippen LogP contribution < -0.4 is 4.74 Å². The molecule has 0 aliphatic heterocycles. The van der Waals surface area contributed by atoms with E-state index in [0.29, 0.717) is 11.5 Å². The van der Waals surface area contributed by atoms with Crippen LogP contribution in [0.3, 0.4) is 0 Å². The fraction of sp³-hybridized carbons (Fsp3) is 0.100. The fourth-order valence-corrected chi connectivity index (χ4v) is 7.00. The predicted molar refractivity (Wildman–Crippen MR) is 182 cm³/mol. The molecular formula is C40H30O2S. The Balaban J connectivity index is 0.000000379. The standard InChI is InChI=1S/C33H22O2S.C7H8/c1-2-10-21-17-18-24(31-26-14-7-9-16-29(26)36-33(21)31)23-19-20-28(34-22-11-4-3-5-12-22)32-30(23)25-13-6-8-15-27(25)35-32;1-7-5-3-2-4-6-7/h3-4,6-9,11,13-20H,2,10H2,1H3;2-6H,1H3. The van der Waals surface area contributed by atoms with Gasteiger partial charge in [-0.1, -0.05) is 104 Å². The SMILES string of the molecule is CCCc1ccc(-c2ccc(OC3=C=C=CC=C3)c3oc4ccccc4c23)c2c1sc1ccccc12.Cc1ccccc1. The molecule has 2 heterocycles. The summed E-state index contributed by atoms with van der Waals surface area (Å²) in [6.45, 7) is 4.33. The van der Waals surface area contributed by atoms with Gasteiger partial charge in [0.2, 0.25) is 0 Å². The van der Waals surface area contributed by atoms with Crippen LogP contribution in [-0.4, -0.2) is 0 Å². The van der Waals surface area contributed by atoms with Gasteiger partial charge in [-0.25, -0.2) is 0 Å². The summed E-state index contributed by atoms with van der Waals surface area (Å²) in [6, 6.07) is 36.0. The van der Waals surface area contributed by atoms with Gasteiger partial charge in [-0.3, -0.25) is 0 Å². The minimum absolute atomic E-state index is 0.613. The van der Waals surface area contributed by atoms with Gasteiger partial charge in [0.1, 0.15) is 5.58 Å². The van der Waals surface area contributed by atoms with Crippen LogP contribution in [0.25, 0.3) is 53.2 Å². The Hall–Kier alpha value is -5.04. The molecule has 0 bridgehead atoms. The molecule has 0 atom stereocenters. The van der Waals surface area contributed by atoms with Crippen molar-refractivity contribution in [2.45, 2.75) is 26.7 Å².